The molecule has 0 radical (unpaired) electrons. The van der Waals surface area contributed by atoms with E-state index in [4.69, 9.17) is 9.26 Å². The van der Waals surface area contributed by atoms with Gasteiger partial charge in [-0.2, -0.15) is 0 Å². The standard InChI is InChI=1S/C16H23NO3/c1-9-13(10(2)20-17-9)14(18)19-12-8-11-6-7-16(12,5)15(11,3)4/h11-12H,6-8H2,1-5H3. The lowest BCUT2D eigenvalue weighted by atomic mass is 9.70. The highest BCUT2D eigenvalue weighted by Gasteiger charge is 2.62. The average molecular weight is 277 g/mol. The zero-order valence-electron chi connectivity index (χ0n) is 12.9. The number of hydrogen-bond acceptors (Lipinski definition) is 4. The van der Waals surface area contributed by atoms with E-state index in [2.05, 4.69) is 25.9 Å². The van der Waals surface area contributed by atoms with Crippen LogP contribution in [0.5, 0.6) is 0 Å². The van der Waals surface area contributed by atoms with Crippen LogP contribution < -0.4 is 0 Å². The number of nitrogens with zero attached hydrogens (tertiary/aromatic N) is 1. The maximum atomic E-state index is 12.4. The molecule has 1 aromatic rings. The quantitative estimate of drug-likeness (QED) is 0.774. The van der Waals surface area contributed by atoms with Gasteiger partial charge in [-0.3, -0.25) is 0 Å². The highest BCUT2D eigenvalue weighted by molar-refractivity contribution is 5.91. The Labute approximate surface area is 119 Å². The van der Waals surface area contributed by atoms with Gasteiger partial charge in [-0.15, -0.1) is 0 Å². The molecule has 3 atom stereocenters. The number of hydrogen-bond donors (Lipinski definition) is 0. The summed E-state index contributed by atoms with van der Waals surface area (Å²) in [6, 6.07) is 0. The molecule has 0 aromatic carbocycles. The van der Waals surface area contributed by atoms with Crippen molar-refractivity contribution in [1.29, 1.82) is 0 Å². The van der Waals surface area contributed by atoms with Gasteiger partial charge >= 0.3 is 5.97 Å². The van der Waals surface area contributed by atoms with Crippen molar-refractivity contribution in [3.63, 3.8) is 0 Å². The fourth-order valence-electron chi connectivity index (χ4n) is 4.27. The molecule has 110 valence electrons. The SMILES string of the molecule is Cc1noc(C)c1C(=O)OC1CC2CCC1(C)C2(C)C. The van der Waals surface area contributed by atoms with E-state index < -0.39 is 0 Å². The highest BCUT2D eigenvalue weighted by Crippen LogP contribution is 2.66. The zero-order chi connectivity index (χ0) is 14.7. The second kappa shape index (κ2) is 4.09. The summed E-state index contributed by atoms with van der Waals surface area (Å²) < 4.78 is 10.9. The number of rotatable bonds is 2. The van der Waals surface area contributed by atoms with Crippen molar-refractivity contribution in [2.75, 3.05) is 0 Å². The molecule has 0 N–H and O–H groups in total. The number of ether oxygens (including phenoxy) is 1. The van der Waals surface area contributed by atoms with Crippen LogP contribution in [0.15, 0.2) is 4.52 Å². The van der Waals surface area contributed by atoms with Gasteiger partial charge in [0.2, 0.25) is 0 Å². The van der Waals surface area contributed by atoms with E-state index in [-0.39, 0.29) is 22.9 Å². The summed E-state index contributed by atoms with van der Waals surface area (Å²) in [7, 11) is 0. The molecule has 0 spiro atoms. The normalized spacial score (nSPS) is 34.5. The fourth-order valence-corrected chi connectivity index (χ4v) is 4.27. The van der Waals surface area contributed by atoms with Crippen molar-refractivity contribution in [2.45, 2.75) is 60.0 Å². The molecule has 2 bridgehead atoms. The molecule has 0 aliphatic heterocycles. The monoisotopic (exact) mass is 277 g/mol. The lowest BCUT2D eigenvalue weighted by molar-refractivity contribution is -0.0244. The van der Waals surface area contributed by atoms with E-state index in [9.17, 15) is 4.79 Å². The summed E-state index contributed by atoms with van der Waals surface area (Å²) in [6.07, 6.45) is 3.39. The van der Waals surface area contributed by atoms with Crippen molar-refractivity contribution < 1.29 is 14.1 Å². The number of fused-ring (bicyclic) bond motifs is 2. The Bertz CT molecular complexity index is 541. The molecule has 1 heterocycles. The molecule has 0 amide bonds. The smallest absolute Gasteiger partial charge is 0.343 e. The summed E-state index contributed by atoms with van der Waals surface area (Å²) in [5.74, 6) is 0.922. The Morgan fingerprint density at radius 3 is 2.50 bits per heavy atom. The van der Waals surface area contributed by atoms with E-state index in [0.29, 0.717) is 22.9 Å². The predicted molar refractivity (Wildman–Crippen MR) is 74.4 cm³/mol. The van der Waals surface area contributed by atoms with Crippen molar-refractivity contribution in [3.8, 4) is 0 Å². The number of esters is 1. The van der Waals surface area contributed by atoms with Crippen molar-refractivity contribution in [3.05, 3.63) is 17.0 Å². The van der Waals surface area contributed by atoms with Crippen molar-refractivity contribution in [2.24, 2.45) is 16.7 Å². The topological polar surface area (TPSA) is 52.3 Å². The lowest BCUT2D eigenvalue weighted by Gasteiger charge is -2.38. The van der Waals surface area contributed by atoms with Crippen LogP contribution in [-0.2, 0) is 4.74 Å². The molecule has 2 fully saturated rings. The highest BCUT2D eigenvalue weighted by atomic mass is 16.5. The summed E-state index contributed by atoms with van der Waals surface area (Å²) in [6.45, 7) is 10.4. The van der Waals surface area contributed by atoms with Crippen LogP contribution in [0.4, 0.5) is 0 Å². The predicted octanol–water partition coefficient (Wildman–Crippen LogP) is 3.66. The molecule has 2 aliphatic rings. The molecule has 2 saturated carbocycles. The minimum absolute atomic E-state index is 0.0115. The Morgan fingerprint density at radius 1 is 1.35 bits per heavy atom. The molecule has 2 aliphatic carbocycles. The Hall–Kier alpha value is -1.32. The zero-order valence-corrected chi connectivity index (χ0v) is 12.9. The molecular formula is C16H23NO3. The van der Waals surface area contributed by atoms with Gasteiger partial charge in [0.15, 0.2) is 0 Å². The average Bonchev–Trinajstić information content (AvgIpc) is 2.87. The number of carbonyl (C=O) groups is 1. The largest absolute Gasteiger partial charge is 0.458 e. The third-order valence-electron chi connectivity index (χ3n) is 6.20. The molecular weight excluding hydrogens is 254 g/mol. The van der Waals surface area contributed by atoms with Gasteiger partial charge < -0.3 is 9.26 Å². The molecule has 0 saturated heterocycles. The van der Waals surface area contributed by atoms with Crippen LogP contribution in [0, 0.1) is 30.6 Å². The molecule has 3 unspecified atom stereocenters. The second-order valence-electron chi connectivity index (χ2n) is 7.20. The third kappa shape index (κ3) is 1.60. The van der Waals surface area contributed by atoms with Crippen LogP contribution in [0.3, 0.4) is 0 Å². The first-order valence-electron chi connectivity index (χ1n) is 7.41. The van der Waals surface area contributed by atoms with E-state index in [1.165, 1.54) is 6.42 Å². The van der Waals surface area contributed by atoms with E-state index in [0.717, 1.165) is 12.8 Å². The number of carbonyl (C=O) groups excluding carboxylic acids is 1. The number of aryl methyl sites for hydroxylation is 2. The van der Waals surface area contributed by atoms with Crippen LogP contribution in [0.2, 0.25) is 0 Å². The van der Waals surface area contributed by atoms with Gasteiger partial charge in [-0.05, 0) is 44.4 Å². The molecule has 4 heteroatoms. The van der Waals surface area contributed by atoms with Gasteiger partial charge in [-0.25, -0.2) is 4.79 Å². The summed E-state index contributed by atoms with van der Waals surface area (Å²) >= 11 is 0. The molecule has 4 nitrogen and oxygen atoms in total. The third-order valence-corrected chi connectivity index (χ3v) is 6.20. The van der Waals surface area contributed by atoms with Gasteiger partial charge in [0.05, 0.1) is 5.69 Å². The van der Waals surface area contributed by atoms with E-state index >= 15 is 0 Å². The summed E-state index contributed by atoms with van der Waals surface area (Å²) in [4.78, 5) is 12.4. The first kappa shape index (κ1) is 13.7. The Morgan fingerprint density at radius 2 is 2.05 bits per heavy atom. The summed E-state index contributed by atoms with van der Waals surface area (Å²) in [5.41, 5.74) is 1.44. The van der Waals surface area contributed by atoms with E-state index in [1.54, 1.807) is 13.8 Å². The Balaban J connectivity index is 1.82. The summed E-state index contributed by atoms with van der Waals surface area (Å²) in [5, 5.41) is 3.83. The lowest BCUT2D eigenvalue weighted by Crippen LogP contribution is -2.38. The molecule has 20 heavy (non-hydrogen) atoms. The van der Waals surface area contributed by atoms with Crippen molar-refractivity contribution in [1.82, 2.24) is 5.16 Å². The van der Waals surface area contributed by atoms with Gasteiger partial charge in [0, 0.05) is 5.41 Å². The molecule has 1 aromatic heterocycles. The van der Waals surface area contributed by atoms with Gasteiger partial charge in [-0.1, -0.05) is 25.9 Å². The first-order valence-corrected chi connectivity index (χ1v) is 7.41. The fraction of sp³-hybridized carbons (Fsp3) is 0.750. The van der Waals surface area contributed by atoms with Crippen molar-refractivity contribution >= 4 is 5.97 Å². The van der Waals surface area contributed by atoms with Gasteiger partial charge in [0.25, 0.3) is 0 Å². The maximum Gasteiger partial charge on any atom is 0.343 e. The Kier molecular flexibility index (Phi) is 2.79. The second-order valence-corrected chi connectivity index (χ2v) is 7.20. The van der Waals surface area contributed by atoms with Crippen LogP contribution in [0.1, 0.15) is 61.8 Å². The first-order chi connectivity index (χ1) is 9.27. The minimum Gasteiger partial charge on any atom is -0.458 e. The van der Waals surface area contributed by atoms with Crippen LogP contribution >= 0.6 is 0 Å². The van der Waals surface area contributed by atoms with Crippen LogP contribution in [-0.4, -0.2) is 17.2 Å². The minimum atomic E-state index is -0.282. The molecule has 3 rings (SSSR count). The number of aromatic nitrogens is 1. The van der Waals surface area contributed by atoms with Crippen LogP contribution in [0.25, 0.3) is 0 Å². The van der Waals surface area contributed by atoms with Gasteiger partial charge in [0.1, 0.15) is 17.4 Å². The van der Waals surface area contributed by atoms with E-state index in [1.807, 2.05) is 0 Å². The maximum absolute atomic E-state index is 12.4.